The molecule has 4 nitrogen and oxygen atoms in total. The molecule has 130 valence electrons. The van der Waals surface area contributed by atoms with Crippen LogP contribution < -0.4 is 4.74 Å². The van der Waals surface area contributed by atoms with Crippen LogP contribution in [0.5, 0.6) is 5.75 Å². The molecule has 0 aliphatic heterocycles. The third-order valence-electron chi connectivity index (χ3n) is 4.34. The van der Waals surface area contributed by atoms with Gasteiger partial charge in [0.05, 0.1) is 29.8 Å². The zero-order valence-electron chi connectivity index (χ0n) is 14.1. The van der Waals surface area contributed by atoms with Gasteiger partial charge in [-0.3, -0.25) is 4.79 Å². The Bertz CT molecular complexity index is 1060. The van der Waals surface area contributed by atoms with Crippen molar-refractivity contribution in [2.45, 2.75) is 6.54 Å². The Morgan fingerprint density at radius 2 is 1.92 bits per heavy atom. The number of rotatable bonds is 5. The average molecular weight is 349 g/mol. The number of aromatic nitrogens is 1. The summed E-state index contributed by atoms with van der Waals surface area (Å²) in [6, 6.07) is 15.3. The van der Waals surface area contributed by atoms with Gasteiger partial charge in [-0.15, -0.1) is 0 Å². The standard InChI is InChI=1S/C21H16FNO3/c1-25-18-5-2-4-17-20(18)16(21(24)19-6-3-11-26-19)13-23(17)12-14-7-9-15(22)10-8-14/h2-11,13H,12H2,1H3. The molecular formula is C21H16FNO3. The van der Waals surface area contributed by atoms with Crippen LogP contribution in [0.15, 0.2) is 71.5 Å². The fourth-order valence-electron chi connectivity index (χ4n) is 3.12. The summed E-state index contributed by atoms with van der Waals surface area (Å²) in [7, 11) is 1.58. The van der Waals surface area contributed by atoms with Gasteiger partial charge in [-0.2, -0.15) is 0 Å². The highest BCUT2D eigenvalue weighted by atomic mass is 19.1. The van der Waals surface area contributed by atoms with E-state index >= 15 is 0 Å². The number of ketones is 1. The summed E-state index contributed by atoms with van der Waals surface area (Å²) >= 11 is 0. The molecule has 0 bridgehead atoms. The van der Waals surface area contributed by atoms with E-state index < -0.39 is 0 Å². The fraction of sp³-hybridized carbons (Fsp3) is 0.0952. The molecule has 0 atom stereocenters. The molecule has 0 amide bonds. The van der Waals surface area contributed by atoms with Crippen LogP contribution in [-0.2, 0) is 6.54 Å². The Hall–Kier alpha value is -3.34. The number of benzene rings is 2. The van der Waals surface area contributed by atoms with Crippen molar-refractivity contribution in [3.63, 3.8) is 0 Å². The number of carbonyl (C=O) groups excluding carboxylic acids is 1. The van der Waals surface area contributed by atoms with E-state index in [1.807, 2.05) is 22.8 Å². The molecule has 4 aromatic rings. The highest BCUT2D eigenvalue weighted by Gasteiger charge is 2.21. The second kappa shape index (κ2) is 6.52. The van der Waals surface area contributed by atoms with Gasteiger partial charge in [0.2, 0.25) is 5.78 Å². The van der Waals surface area contributed by atoms with Crippen LogP contribution in [0.4, 0.5) is 4.39 Å². The van der Waals surface area contributed by atoms with Gasteiger partial charge in [0.15, 0.2) is 5.76 Å². The molecule has 0 N–H and O–H groups in total. The minimum atomic E-state index is -0.276. The SMILES string of the molecule is COc1cccc2c1c(C(=O)c1ccco1)cn2Cc1ccc(F)cc1. The molecule has 0 aliphatic carbocycles. The first-order chi connectivity index (χ1) is 12.7. The number of halogens is 1. The van der Waals surface area contributed by atoms with Gasteiger partial charge >= 0.3 is 0 Å². The van der Waals surface area contributed by atoms with Crippen molar-refractivity contribution in [2.75, 3.05) is 7.11 Å². The maximum absolute atomic E-state index is 13.2. The number of carbonyl (C=O) groups is 1. The zero-order valence-corrected chi connectivity index (χ0v) is 14.1. The van der Waals surface area contributed by atoms with E-state index in [-0.39, 0.29) is 17.4 Å². The Balaban J connectivity index is 1.86. The van der Waals surface area contributed by atoms with Crippen molar-refractivity contribution in [3.8, 4) is 5.75 Å². The number of methoxy groups -OCH3 is 1. The van der Waals surface area contributed by atoms with Crippen LogP contribution in [0.1, 0.15) is 21.7 Å². The molecule has 2 heterocycles. The van der Waals surface area contributed by atoms with Gasteiger partial charge in [0.1, 0.15) is 11.6 Å². The molecule has 2 aromatic carbocycles. The van der Waals surface area contributed by atoms with Gasteiger partial charge in [-0.25, -0.2) is 4.39 Å². The predicted octanol–water partition coefficient (Wildman–Crippen LogP) is 4.66. The predicted molar refractivity (Wildman–Crippen MR) is 96.1 cm³/mol. The maximum atomic E-state index is 13.2. The second-order valence-electron chi connectivity index (χ2n) is 5.96. The van der Waals surface area contributed by atoms with E-state index in [0.29, 0.717) is 17.9 Å². The molecule has 2 aromatic heterocycles. The lowest BCUT2D eigenvalue weighted by atomic mass is 10.1. The van der Waals surface area contributed by atoms with Crippen LogP contribution >= 0.6 is 0 Å². The number of fused-ring (bicyclic) bond motifs is 1. The summed E-state index contributed by atoms with van der Waals surface area (Å²) in [5.41, 5.74) is 2.31. The van der Waals surface area contributed by atoms with Crippen molar-refractivity contribution < 1.29 is 18.3 Å². The Morgan fingerprint density at radius 1 is 1.12 bits per heavy atom. The number of hydrogen-bond acceptors (Lipinski definition) is 3. The van der Waals surface area contributed by atoms with Gasteiger partial charge in [0.25, 0.3) is 0 Å². The minimum absolute atomic E-state index is 0.206. The first-order valence-corrected chi connectivity index (χ1v) is 8.16. The molecule has 0 saturated carbocycles. The molecule has 0 spiro atoms. The van der Waals surface area contributed by atoms with E-state index in [2.05, 4.69) is 0 Å². The minimum Gasteiger partial charge on any atom is -0.496 e. The van der Waals surface area contributed by atoms with E-state index in [9.17, 15) is 9.18 Å². The smallest absolute Gasteiger partial charge is 0.230 e. The highest BCUT2D eigenvalue weighted by Crippen LogP contribution is 2.32. The third kappa shape index (κ3) is 2.77. The first-order valence-electron chi connectivity index (χ1n) is 8.16. The molecule has 5 heteroatoms. The second-order valence-corrected chi connectivity index (χ2v) is 5.96. The van der Waals surface area contributed by atoms with Crippen molar-refractivity contribution in [2.24, 2.45) is 0 Å². The Kier molecular flexibility index (Phi) is 4.05. The molecule has 4 rings (SSSR count). The van der Waals surface area contributed by atoms with Gasteiger partial charge in [-0.1, -0.05) is 18.2 Å². The molecule has 0 aliphatic rings. The zero-order chi connectivity index (χ0) is 18.1. The molecule has 26 heavy (non-hydrogen) atoms. The quantitative estimate of drug-likeness (QED) is 0.492. The average Bonchev–Trinajstić information content (AvgIpc) is 3.31. The summed E-state index contributed by atoms with van der Waals surface area (Å²) < 4.78 is 25.9. The van der Waals surface area contributed by atoms with Gasteiger partial charge in [-0.05, 0) is 42.0 Å². The lowest BCUT2D eigenvalue weighted by molar-refractivity contribution is 0.101. The van der Waals surface area contributed by atoms with E-state index in [1.54, 1.807) is 37.6 Å². The van der Waals surface area contributed by atoms with Crippen molar-refractivity contribution in [1.82, 2.24) is 4.57 Å². The Morgan fingerprint density at radius 3 is 2.62 bits per heavy atom. The summed E-state index contributed by atoms with van der Waals surface area (Å²) in [4.78, 5) is 12.9. The number of hydrogen-bond donors (Lipinski definition) is 0. The summed E-state index contributed by atoms with van der Waals surface area (Å²) in [5, 5.41) is 0.735. The van der Waals surface area contributed by atoms with Crippen LogP contribution in [-0.4, -0.2) is 17.5 Å². The first kappa shape index (κ1) is 16.1. The fourth-order valence-corrected chi connectivity index (χ4v) is 3.12. The third-order valence-corrected chi connectivity index (χ3v) is 4.34. The number of nitrogens with zero attached hydrogens (tertiary/aromatic N) is 1. The molecule has 0 saturated heterocycles. The van der Waals surface area contributed by atoms with Crippen LogP contribution in [0.3, 0.4) is 0 Å². The van der Waals surface area contributed by atoms with E-state index in [0.717, 1.165) is 16.5 Å². The van der Waals surface area contributed by atoms with E-state index in [1.165, 1.54) is 18.4 Å². The normalized spacial score (nSPS) is 11.0. The monoisotopic (exact) mass is 349 g/mol. The van der Waals surface area contributed by atoms with Crippen LogP contribution in [0.2, 0.25) is 0 Å². The Labute approximate surface area is 149 Å². The molecule has 0 unspecified atom stereocenters. The maximum Gasteiger partial charge on any atom is 0.230 e. The molecular weight excluding hydrogens is 333 g/mol. The van der Waals surface area contributed by atoms with Gasteiger partial charge < -0.3 is 13.7 Å². The molecule has 0 radical (unpaired) electrons. The lowest BCUT2D eigenvalue weighted by Crippen LogP contribution is -2.00. The van der Waals surface area contributed by atoms with Crippen molar-refractivity contribution >= 4 is 16.7 Å². The van der Waals surface area contributed by atoms with E-state index in [4.69, 9.17) is 9.15 Å². The summed E-state index contributed by atoms with van der Waals surface area (Å²) in [6.07, 6.45) is 3.27. The van der Waals surface area contributed by atoms with Crippen LogP contribution in [0, 0.1) is 5.82 Å². The molecule has 0 fully saturated rings. The number of furan rings is 1. The van der Waals surface area contributed by atoms with Crippen LogP contribution in [0.25, 0.3) is 10.9 Å². The number of ether oxygens (including phenoxy) is 1. The van der Waals surface area contributed by atoms with Gasteiger partial charge in [0, 0.05) is 12.7 Å². The topological polar surface area (TPSA) is 44.4 Å². The highest BCUT2D eigenvalue weighted by molar-refractivity contribution is 6.16. The van der Waals surface area contributed by atoms with Crippen molar-refractivity contribution in [3.05, 3.63) is 89.8 Å². The summed E-state index contributed by atoms with van der Waals surface area (Å²) in [6.45, 7) is 0.509. The lowest BCUT2D eigenvalue weighted by Gasteiger charge is -2.07. The van der Waals surface area contributed by atoms with Crippen molar-refractivity contribution in [1.29, 1.82) is 0 Å². The largest absolute Gasteiger partial charge is 0.496 e. The summed E-state index contributed by atoms with van der Waals surface area (Å²) in [5.74, 6) is 0.413.